The molecular formula is C19H14N4O2. The molecule has 0 saturated carbocycles. The molecule has 4 rings (SSSR count). The average molecular weight is 330 g/mol. The van der Waals surface area contributed by atoms with Crippen molar-refractivity contribution in [2.45, 2.75) is 6.92 Å². The number of carboxylic acids is 1. The van der Waals surface area contributed by atoms with Crippen LogP contribution in [0.3, 0.4) is 0 Å². The van der Waals surface area contributed by atoms with Gasteiger partial charge in [-0.2, -0.15) is 5.10 Å². The summed E-state index contributed by atoms with van der Waals surface area (Å²) in [7, 11) is 0. The van der Waals surface area contributed by atoms with Crippen molar-refractivity contribution in [3.63, 3.8) is 0 Å². The monoisotopic (exact) mass is 330 g/mol. The van der Waals surface area contributed by atoms with Crippen molar-refractivity contribution in [3.05, 3.63) is 72.2 Å². The molecule has 0 unspecified atom stereocenters. The Morgan fingerprint density at radius 2 is 1.92 bits per heavy atom. The van der Waals surface area contributed by atoms with Crippen LogP contribution in [0.4, 0.5) is 0 Å². The molecule has 0 radical (unpaired) electrons. The summed E-state index contributed by atoms with van der Waals surface area (Å²) < 4.78 is 1.68. The first-order chi connectivity index (χ1) is 12.1. The fraction of sp³-hybridized carbons (Fsp3) is 0.0526. The summed E-state index contributed by atoms with van der Waals surface area (Å²) in [5.74, 6) is -1.01. The van der Waals surface area contributed by atoms with E-state index in [-0.39, 0.29) is 5.56 Å². The first kappa shape index (κ1) is 15.0. The van der Waals surface area contributed by atoms with E-state index in [1.165, 1.54) is 0 Å². The van der Waals surface area contributed by atoms with E-state index in [0.29, 0.717) is 22.4 Å². The van der Waals surface area contributed by atoms with E-state index in [1.807, 2.05) is 36.4 Å². The third-order valence-electron chi connectivity index (χ3n) is 4.00. The molecule has 6 heteroatoms. The van der Waals surface area contributed by atoms with E-state index in [0.717, 1.165) is 11.3 Å². The number of rotatable bonds is 3. The van der Waals surface area contributed by atoms with E-state index in [2.05, 4.69) is 15.1 Å². The maximum Gasteiger partial charge on any atom is 0.336 e. The van der Waals surface area contributed by atoms with Gasteiger partial charge in [0.2, 0.25) is 0 Å². The maximum atomic E-state index is 11.8. The number of para-hydroxylation sites is 1. The van der Waals surface area contributed by atoms with Gasteiger partial charge in [-0.1, -0.05) is 18.2 Å². The quantitative estimate of drug-likeness (QED) is 0.622. The SMILES string of the molecule is Cc1nn(-c2ccccc2)c2nc(-c3cccnc3)cc(C(=O)O)c12. The summed E-state index contributed by atoms with van der Waals surface area (Å²) in [5, 5.41) is 14.7. The van der Waals surface area contributed by atoms with Crippen LogP contribution in [0.2, 0.25) is 0 Å². The van der Waals surface area contributed by atoms with Crippen molar-refractivity contribution in [1.82, 2.24) is 19.7 Å². The minimum atomic E-state index is -1.01. The Labute approximate surface area is 143 Å². The highest BCUT2D eigenvalue weighted by Gasteiger charge is 2.20. The summed E-state index contributed by atoms with van der Waals surface area (Å²) in [6.07, 6.45) is 3.33. The molecule has 0 aliphatic heterocycles. The lowest BCUT2D eigenvalue weighted by Crippen LogP contribution is -2.02. The number of fused-ring (bicyclic) bond motifs is 1. The van der Waals surface area contributed by atoms with Crippen LogP contribution in [0.5, 0.6) is 0 Å². The van der Waals surface area contributed by atoms with Gasteiger partial charge in [0, 0.05) is 18.0 Å². The van der Waals surface area contributed by atoms with Crippen LogP contribution in [-0.4, -0.2) is 30.8 Å². The number of carboxylic acid groups (broad SMARTS) is 1. The van der Waals surface area contributed by atoms with Crippen molar-refractivity contribution in [2.75, 3.05) is 0 Å². The Hall–Kier alpha value is -3.54. The molecule has 1 aromatic carbocycles. The second kappa shape index (κ2) is 5.83. The van der Waals surface area contributed by atoms with Crippen LogP contribution >= 0.6 is 0 Å². The molecular weight excluding hydrogens is 316 g/mol. The molecule has 3 aromatic heterocycles. The molecule has 0 saturated heterocycles. The van der Waals surface area contributed by atoms with Gasteiger partial charge >= 0.3 is 5.97 Å². The lowest BCUT2D eigenvalue weighted by molar-refractivity contribution is 0.0699. The first-order valence-corrected chi connectivity index (χ1v) is 7.74. The normalized spacial score (nSPS) is 10.9. The van der Waals surface area contributed by atoms with Crippen molar-refractivity contribution in [1.29, 1.82) is 0 Å². The number of nitrogens with zero attached hydrogens (tertiary/aromatic N) is 4. The number of carbonyl (C=O) groups is 1. The van der Waals surface area contributed by atoms with Crippen molar-refractivity contribution < 1.29 is 9.90 Å². The predicted octanol–water partition coefficient (Wildman–Crippen LogP) is 3.49. The standard InChI is InChI=1S/C19H14N4O2/c1-12-17-15(19(24)25)10-16(13-6-5-9-20-11-13)21-18(17)23(22-12)14-7-3-2-4-8-14/h2-11H,1H3,(H,24,25). The summed E-state index contributed by atoms with van der Waals surface area (Å²) in [5.41, 5.74) is 3.46. The number of pyridine rings is 2. The van der Waals surface area contributed by atoms with Gasteiger partial charge in [0.1, 0.15) is 0 Å². The van der Waals surface area contributed by atoms with Gasteiger partial charge in [-0.25, -0.2) is 14.5 Å². The van der Waals surface area contributed by atoms with E-state index in [4.69, 9.17) is 0 Å². The molecule has 6 nitrogen and oxygen atoms in total. The smallest absolute Gasteiger partial charge is 0.336 e. The Kier molecular flexibility index (Phi) is 3.50. The third kappa shape index (κ3) is 2.53. The third-order valence-corrected chi connectivity index (χ3v) is 4.00. The van der Waals surface area contributed by atoms with E-state index < -0.39 is 5.97 Å². The molecule has 3 heterocycles. The van der Waals surface area contributed by atoms with Gasteiger partial charge in [-0.15, -0.1) is 0 Å². The van der Waals surface area contributed by atoms with Gasteiger partial charge in [-0.05, 0) is 37.3 Å². The van der Waals surface area contributed by atoms with E-state index >= 15 is 0 Å². The lowest BCUT2D eigenvalue weighted by Gasteiger charge is -2.07. The van der Waals surface area contributed by atoms with Crippen LogP contribution in [0.15, 0.2) is 60.9 Å². The fourth-order valence-corrected chi connectivity index (χ4v) is 2.87. The topological polar surface area (TPSA) is 80.9 Å². The van der Waals surface area contributed by atoms with Crippen molar-refractivity contribution in [2.24, 2.45) is 0 Å². The first-order valence-electron chi connectivity index (χ1n) is 7.74. The van der Waals surface area contributed by atoms with Gasteiger partial charge in [0.05, 0.1) is 28.0 Å². The van der Waals surface area contributed by atoms with Crippen LogP contribution in [0.25, 0.3) is 28.0 Å². The minimum Gasteiger partial charge on any atom is -0.478 e. The summed E-state index contributed by atoms with van der Waals surface area (Å²) in [6, 6.07) is 14.8. The molecule has 0 amide bonds. The van der Waals surface area contributed by atoms with Crippen molar-refractivity contribution in [3.8, 4) is 16.9 Å². The average Bonchev–Trinajstić information content (AvgIpc) is 2.99. The van der Waals surface area contributed by atoms with E-state index in [1.54, 1.807) is 36.1 Å². The molecule has 0 aliphatic rings. The van der Waals surface area contributed by atoms with Crippen LogP contribution in [0.1, 0.15) is 16.1 Å². The molecule has 0 bridgehead atoms. The summed E-state index contributed by atoms with van der Waals surface area (Å²) in [4.78, 5) is 20.6. The molecule has 0 aliphatic carbocycles. The molecule has 25 heavy (non-hydrogen) atoms. The maximum absolute atomic E-state index is 11.8. The Morgan fingerprint density at radius 1 is 1.12 bits per heavy atom. The number of hydrogen-bond acceptors (Lipinski definition) is 4. The molecule has 0 spiro atoms. The second-order valence-electron chi connectivity index (χ2n) is 5.63. The molecule has 0 fully saturated rings. The zero-order valence-electron chi connectivity index (χ0n) is 13.4. The van der Waals surface area contributed by atoms with Crippen LogP contribution in [0, 0.1) is 6.92 Å². The highest BCUT2D eigenvalue weighted by Crippen LogP contribution is 2.28. The number of aromatic nitrogens is 4. The number of benzene rings is 1. The minimum absolute atomic E-state index is 0.184. The highest BCUT2D eigenvalue weighted by molar-refractivity contribution is 6.04. The highest BCUT2D eigenvalue weighted by atomic mass is 16.4. The molecule has 4 aromatic rings. The van der Waals surface area contributed by atoms with Crippen molar-refractivity contribution >= 4 is 17.0 Å². The van der Waals surface area contributed by atoms with Gasteiger partial charge < -0.3 is 5.11 Å². The zero-order chi connectivity index (χ0) is 17.4. The van der Waals surface area contributed by atoms with Gasteiger partial charge in [-0.3, -0.25) is 4.98 Å². The largest absolute Gasteiger partial charge is 0.478 e. The lowest BCUT2D eigenvalue weighted by atomic mass is 10.1. The summed E-state index contributed by atoms with van der Waals surface area (Å²) in [6.45, 7) is 1.79. The Bertz CT molecular complexity index is 1070. The van der Waals surface area contributed by atoms with E-state index in [9.17, 15) is 9.90 Å². The second-order valence-corrected chi connectivity index (χ2v) is 5.63. The summed E-state index contributed by atoms with van der Waals surface area (Å²) >= 11 is 0. The van der Waals surface area contributed by atoms with Crippen LogP contribution in [-0.2, 0) is 0 Å². The number of aromatic carboxylic acids is 1. The van der Waals surface area contributed by atoms with Gasteiger partial charge in [0.25, 0.3) is 0 Å². The predicted molar refractivity (Wildman–Crippen MR) is 93.8 cm³/mol. The van der Waals surface area contributed by atoms with Gasteiger partial charge in [0.15, 0.2) is 5.65 Å². The zero-order valence-corrected chi connectivity index (χ0v) is 13.4. The fourth-order valence-electron chi connectivity index (χ4n) is 2.87. The molecule has 122 valence electrons. The Balaban J connectivity index is 2.07. The number of aryl methyl sites for hydroxylation is 1. The number of hydrogen-bond donors (Lipinski definition) is 1. The molecule has 1 N–H and O–H groups in total. The Morgan fingerprint density at radius 3 is 2.60 bits per heavy atom. The molecule has 0 atom stereocenters. The van der Waals surface area contributed by atoms with Crippen LogP contribution < -0.4 is 0 Å².